The van der Waals surface area contributed by atoms with E-state index in [9.17, 15) is 5.11 Å². The van der Waals surface area contributed by atoms with Crippen molar-refractivity contribution in [3.05, 3.63) is 0 Å². The van der Waals surface area contributed by atoms with Crippen molar-refractivity contribution in [2.24, 2.45) is 11.3 Å². The van der Waals surface area contributed by atoms with E-state index in [1.54, 1.807) is 13.8 Å². The van der Waals surface area contributed by atoms with Crippen LogP contribution in [-0.4, -0.2) is 47.2 Å². The topological polar surface area (TPSA) is 72.7 Å². The zero-order valence-corrected chi connectivity index (χ0v) is 11.0. The van der Waals surface area contributed by atoms with Crippen molar-refractivity contribution < 1.29 is 15.3 Å². The van der Waals surface area contributed by atoms with Gasteiger partial charge in [0.15, 0.2) is 0 Å². The Hall–Kier alpha value is -0.160. The first-order valence-electron chi connectivity index (χ1n) is 5.89. The van der Waals surface area contributed by atoms with Crippen LogP contribution in [0.5, 0.6) is 0 Å². The molecule has 0 saturated carbocycles. The van der Waals surface area contributed by atoms with Gasteiger partial charge < -0.3 is 20.6 Å². The van der Waals surface area contributed by atoms with Crippen LogP contribution in [0.2, 0.25) is 0 Å². The van der Waals surface area contributed by atoms with Crippen LogP contribution in [0.25, 0.3) is 0 Å². The molecule has 0 spiro atoms. The first-order valence-corrected chi connectivity index (χ1v) is 5.89. The molecule has 4 N–H and O–H groups in total. The SMILES string of the molecule is CC(C)CC(C)(O)CNCC(C)(CO)CO. The van der Waals surface area contributed by atoms with Gasteiger partial charge in [0.1, 0.15) is 0 Å². The Bertz CT molecular complexity index is 189. The summed E-state index contributed by atoms with van der Waals surface area (Å²) in [7, 11) is 0. The number of aliphatic hydroxyl groups excluding tert-OH is 2. The lowest BCUT2D eigenvalue weighted by Crippen LogP contribution is -2.45. The molecular formula is C12H27NO3. The standard InChI is InChI=1S/C12H27NO3/c1-10(2)5-12(4,16)7-13-6-11(3,8-14)9-15/h10,13-16H,5-9H2,1-4H3. The highest BCUT2D eigenvalue weighted by Crippen LogP contribution is 2.16. The van der Waals surface area contributed by atoms with Gasteiger partial charge in [0.25, 0.3) is 0 Å². The van der Waals surface area contributed by atoms with E-state index in [0.29, 0.717) is 19.0 Å². The Morgan fingerprint density at radius 3 is 1.94 bits per heavy atom. The van der Waals surface area contributed by atoms with Crippen LogP contribution in [0.3, 0.4) is 0 Å². The molecule has 1 unspecified atom stereocenters. The smallest absolute Gasteiger partial charge is 0.0746 e. The molecule has 0 rings (SSSR count). The van der Waals surface area contributed by atoms with Crippen molar-refractivity contribution >= 4 is 0 Å². The third kappa shape index (κ3) is 6.43. The summed E-state index contributed by atoms with van der Waals surface area (Å²) >= 11 is 0. The van der Waals surface area contributed by atoms with Crippen molar-refractivity contribution in [3.63, 3.8) is 0 Å². The number of hydrogen-bond acceptors (Lipinski definition) is 4. The first kappa shape index (κ1) is 15.8. The fraction of sp³-hybridized carbons (Fsp3) is 1.00. The highest BCUT2D eigenvalue weighted by Gasteiger charge is 2.25. The van der Waals surface area contributed by atoms with Gasteiger partial charge in [0, 0.05) is 18.5 Å². The second kappa shape index (κ2) is 6.55. The Labute approximate surface area is 98.7 Å². The Morgan fingerprint density at radius 2 is 1.56 bits per heavy atom. The monoisotopic (exact) mass is 233 g/mol. The van der Waals surface area contributed by atoms with Gasteiger partial charge in [0.2, 0.25) is 0 Å². The zero-order chi connectivity index (χ0) is 12.8. The minimum Gasteiger partial charge on any atom is -0.396 e. The molecule has 4 heteroatoms. The van der Waals surface area contributed by atoms with Gasteiger partial charge >= 0.3 is 0 Å². The van der Waals surface area contributed by atoms with Crippen LogP contribution in [0, 0.1) is 11.3 Å². The summed E-state index contributed by atoms with van der Waals surface area (Å²) in [5.41, 5.74) is -1.26. The molecule has 0 bridgehead atoms. The highest BCUT2D eigenvalue weighted by molar-refractivity contribution is 4.80. The van der Waals surface area contributed by atoms with E-state index in [-0.39, 0.29) is 13.2 Å². The molecule has 16 heavy (non-hydrogen) atoms. The second-order valence-electron chi connectivity index (χ2n) is 5.83. The highest BCUT2D eigenvalue weighted by atomic mass is 16.3. The number of aliphatic hydroxyl groups is 3. The number of rotatable bonds is 8. The van der Waals surface area contributed by atoms with E-state index >= 15 is 0 Å². The van der Waals surface area contributed by atoms with Gasteiger partial charge in [0.05, 0.1) is 18.8 Å². The third-order valence-electron chi connectivity index (χ3n) is 2.67. The average Bonchev–Trinajstić information content (AvgIpc) is 2.15. The Morgan fingerprint density at radius 1 is 1.06 bits per heavy atom. The number of nitrogens with one attached hydrogen (secondary N) is 1. The van der Waals surface area contributed by atoms with Crippen molar-refractivity contribution in [2.45, 2.75) is 39.7 Å². The first-order chi connectivity index (χ1) is 7.24. The maximum Gasteiger partial charge on any atom is 0.0746 e. The molecule has 0 aliphatic rings. The summed E-state index contributed by atoms with van der Waals surface area (Å²) in [6.07, 6.45) is 0.731. The molecule has 1 atom stereocenters. The van der Waals surface area contributed by atoms with Crippen LogP contribution >= 0.6 is 0 Å². The van der Waals surface area contributed by atoms with Crippen LogP contribution in [0.4, 0.5) is 0 Å². The van der Waals surface area contributed by atoms with Crippen LogP contribution < -0.4 is 5.32 Å². The summed E-state index contributed by atoms with van der Waals surface area (Å²) in [6, 6.07) is 0. The summed E-state index contributed by atoms with van der Waals surface area (Å²) in [6.45, 7) is 8.58. The predicted molar refractivity (Wildman–Crippen MR) is 65.2 cm³/mol. The van der Waals surface area contributed by atoms with Crippen molar-refractivity contribution in [1.82, 2.24) is 5.32 Å². The van der Waals surface area contributed by atoms with Gasteiger partial charge in [-0.2, -0.15) is 0 Å². The molecule has 0 aromatic rings. The quantitative estimate of drug-likeness (QED) is 0.488. The van der Waals surface area contributed by atoms with Gasteiger partial charge in [-0.3, -0.25) is 0 Å². The molecule has 0 radical (unpaired) electrons. The molecule has 4 nitrogen and oxygen atoms in total. The fourth-order valence-electron chi connectivity index (χ4n) is 1.75. The van der Waals surface area contributed by atoms with E-state index < -0.39 is 11.0 Å². The van der Waals surface area contributed by atoms with Crippen LogP contribution in [-0.2, 0) is 0 Å². The summed E-state index contributed by atoms with van der Waals surface area (Å²) in [4.78, 5) is 0. The molecule has 0 saturated heterocycles. The molecule has 0 aliphatic carbocycles. The molecule has 0 fully saturated rings. The van der Waals surface area contributed by atoms with E-state index in [2.05, 4.69) is 19.2 Å². The summed E-state index contributed by atoms with van der Waals surface area (Å²) in [5, 5.41) is 31.3. The number of hydrogen-bond donors (Lipinski definition) is 4. The van der Waals surface area contributed by atoms with Gasteiger partial charge in [-0.15, -0.1) is 0 Å². The Balaban J connectivity index is 3.96. The maximum atomic E-state index is 10.0. The molecule has 0 amide bonds. The van der Waals surface area contributed by atoms with Crippen molar-refractivity contribution in [1.29, 1.82) is 0 Å². The fourth-order valence-corrected chi connectivity index (χ4v) is 1.75. The summed E-state index contributed by atoms with van der Waals surface area (Å²) in [5.74, 6) is 0.443. The van der Waals surface area contributed by atoms with E-state index in [1.165, 1.54) is 0 Å². The molecule has 0 heterocycles. The predicted octanol–water partition coefficient (Wildman–Crippen LogP) is 0.364. The molecule has 98 valence electrons. The average molecular weight is 233 g/mol. The third-order valence-corrected chi connectivity index (χ3v) is 2.67. The Kier molecular flexibility index (Phi) is 6.48. The normalized spacial score (nSPS) is 16.5. The minimum absolute atomic E-state index is 0.0666. The van der Waals surface area contributed by atoms with Crippen LogP contribution in [0.15, 0.2) is 0 Å². The van der Waals surface area contributed by atoms with E-state index in [0.717, 1.165) is 6.42 Å². The summed E-state index contributed by atoms with van der Waals surface area (Å²) < 4.78 is 0. The van der Waals surface area contributed by atoms with E-state index in [1.807, 2.05) is 0 Å². The van der Waals surface area contributed by atoms with Crippen LogP contribution in [0.1, 0.15) is 34.1 Å². The lowest BCUT2D eigenvalue weighted by Gasteiger charge is -2.30. The van der Waals surface area contributed by atoms with Gasteiger partial charge in [-0.25, -0.2) is 0 Å². The minimum atomic E-state index is -0.736. The zero-order valence-electron chi connectivity index (χ0n) is 11.0. The van der Waals surface area contributed by atoms with Gasteiger partial charge in [-0.05, 0) is 19.3 Å². The van der Waals surface area contributed by atoms with Crippen molar-refractivity contribution in [2.75, 3.05) is 26.3 Å². The lowest BCUT2D eigenvalue weighted by molar-refractivity contribution is 0.0264. The molecule has 0 aliphatic heterocycles. The molecule has 0 aromatic heterocycles. The van der Waals surface area contributed by atoms with E-state index in [4.69, 9.17) is 10.2 Å². The molecule has 0 aromatic carbocycles. The van der Waals surface area contributed by atoms with Gasteiger partial charge in [-0.1, -0.05) is 20.8 Å². The van der Waals surface area contributed by atoms with Crippen molar-refractivity contribution in [3.8, 4) is 0 Å². The largest absolute Gasteiger partial charge is 0.396 e. The lowest BCUT2D eigenvalue weighted by atomic mass is 9.91. The molecular weight excluding hydrogens is 206 g/mol. The maximum absolute atomic E-state index is 10.0. The second-order valence-corrected chi connectivity index (χ2v) is 5.83.